The minimum atomic E-state index is -0.453. The zero-order valence-corrected chi connectivity index (χ0v) is 20.9. The molecule has 0 N–H and O–H groups in total. The van der Waals surface area contributed by atoms with Gasteiger partial charge in [-0.3, -0.25) is 0 Å². The number of aromatic nitrogens is 6. The summed E-state index contributed by atoms with van der Waals surface area (Å²) in [5, 5.41) is 13.1. The van der Waals surface area contributed by atoms with E-state index in [1.807, 2.05) is 33.9 Å². The third-order valence-electron chi connectivity index (χ3n) is 6.05. The maximum absolute atomic E-state index is 5.13. The van der Waals surface area contributed by atoms with Crippen LogP contribution >= 0.6 is 22.7 Å². The van der Waals surface area contributed by atoms with Crippen LogP contribution in [0.4, 0.5) is 0 Å². The highest BCUT2D eigenvalue weighted by Gasteiger charge is 2.29. The second-order valence-corrected chi connectivity index (χ2v) is 10.5. The summed E-state index contributed by atoms with van der Waals surface area (Å²) in [6.45, 7) is 4.32. The third kappa shape index (κ3) is 3.90. The van der Waals surface area contributed by atoms with Gasteiger partial charge in [0.2, 0.25) is 0 Å². The van der Waals surface area contributed by atoms with Crippen LogP contribution in [-0.4, -0.2) is 29.5 Å². The molecule has 8 heteroatoms. The molecule has 6 nitrogen and oxygen atoms in total. The summed E-state index contributed by atoms with van der Waals surface area (Å²) in [5.41, 5.74) is 3.51. The molecular formula is C27H22N6S2. The molecule has 6 rings (SSSR count). The van der Waals surface area contributed by atoms with E-state index in [0.717, 1.165) is 43.9 Å². The molecule has 172 valence electrons. The molecule has 35 heavy (non-hydrogen) atoms. The van der Waals surface area contributed by atoms with Crippen LogP contribution in [0.2, 0.25) is 0 Å². The van der Waals surface area contributed by atoms with Crippen molar-refractivity contribution < 1.29 is 0 Å². The van der Waals surface area contributed by atoms with Crippen LogP contribution in [0.25, 0.3) is 32.5 Å². The molecule has 0 amide bonds. The zero-order valence-electron chi connectivity index (χ0n) is 19.2. The Kier molecular flexibility index (Phi) is 5.39. The summed E-state index contributed by atoms with van der Waals surface area (Å²) in [6.07, 6.45) is 7.41. The normalized spacial score (nSPS) is 11.7. The van der Waals surface area contributed by atoms with Gasteiger partial charge < -0.3 is 0 Å². The van der Waals surface area contributed by atoms with Crippen molar-refractivity contribution in [3.63, 3.8) is 0 Å². The van der Waals surface area contributed by atoms with Crippen molar-refractivity contribution in [2.45, 2.75) is 19.3 Å². The molecular weight excluding hydrogens is 472 g/mol. The van der Waals surface area contributed by atoms with E-state index in [0.29, 0.717) is 0 Å². The highest BCUT2D eigenvalue weighted by molar-refractivity contribution is 7.13. The van der Waals surface area contributed by atoms with Crippen molar-refractivity contribution in [3.8, 4) is 32.5 Å². The fourth-order valence-corrected chi connectivity index (χ4v) is 5.60. The molecule has 6 heterocycles. The number of thiophene rings is 2. The van der Waals surface area contributed by atoms with Gasteiger partial charge in [-0.15, -0.1) is 22.7 Å². The van der Waals surface area contributed by atoms with Crippen LogP contribution in [0.15, 0.2) is 96.2 Å². The second kappa shape index (κ2) is 8.72. The maximum Gasteiger partial charge on any atom is 0.162 e. The van der Waals surface area contributed by atoms with Crippen molar-refractivity contribution in [3.05, 3.63) is 108 Å². The number of hydrogen-bond donors (Lipinski definition) is 0. The van der Waals surface area contributed by atoms with Gasteiger partial charge in [0.15, 0.2) is 11.6 Å². The summed E-state index contributed by atoms with van der Waals surface area (Å²) in [5.74, 6) is 1.62. The van der Waals surface area contributed by atoms with E-state index in [2.05, 4.69) is 83.3 Å². The van der Waals surface area contributed by atoms with E-state index < -0.39 is 5.41 Å². The average Bonchev–Trinajstić information content (AvgIpc) is 3.71. The monoisotopic (exact) mass is 494 g/mol. The van der Waals surface area contributed by atoms with Crippen molar-refractivity contribution in [1.82, 2.24) is 29.5 Å². The van der Waals surface area contributed by atoms with E-state index in [1.54, 1.807) is 35.1 Å². The van der Waals surface area contributed by atoms with Crippen LogP contribution < -0.4 is 0 Å². The van der Waals surface area contributed by atoms with Gasteiger partial charge in [0.25, 0.3) is 0 Å². The smallest absolute Gasteiger partial charge is 0.162 e. The Morgan fingerprint density at radius 2 is 1.11 bits per heavy atom. The highest BCUT2D eigenvalue weighted by Crippen LogP contribution is 2.37. The van der Waals surface area contributed by atoms with Gasteiger partial charge >= 0.3 is 0 Å². The standard InChI is InChI=1S/C27H22N6S2/c1-27(2,23-11-9-19(21-7-3-17-34-21)25(30-23)32-15-5-13-28-32)24-12-10-20(22-8-4-18-35-22)26(31-24)33-16-6-14-29-33/h3-18H,1-2H3. The fourth-order valence-electron chi connectivity index (χ4n) is 4.11. The minimum absolute atomic E-state index is 0.453. The Bertz CT molecular complexity index is 1430. The molecule has 0 aliphatic carbocycles. The van der Waals surface area contributed by atoms with E-state index in [1.165, 1.54) is 0 Å². The highest BCUT2D eigenvalue weighted by atomic mass is 32.1. The van der Waals surface area contributed by atoms with Crippen LogP contribution in [0, 0.1) is 0 Å². The van der Waals surface area contributed by atoms with E-state index in [4.69, 9.17) is 9.97 Å². The number of rotatable bonds is 6. The predicted molar refractivity (Wildman–Crippen MR) is 141 cm³/mol. The lowest BCUT2D eigenvalue weighted by Gasteiger charge is -2.26. The number of pyridine rings is 2. The Morgan fingerprint density at radius 3 is 1.49 bits per heavy atom. The van der Waals surface area contributed by atoms with Crippen molar-refractivity contribution in [1.29, 1.82) is 0 Å². The Hall–Kier alpha value is -3.88. The topological polar surface area (TPSA) is 61.4 Å². The summed E-state index contributed by atoms with van der Waals surface area (Å²) >= 11 is 3.39. The molecule has 0 aromatic carbocycles. The molecule has 0 bridgehead atoms. The van der Waals surface area contributed by atoms with Crippen molar-refractivity contribution >= 4 is 22.7 Å². The molecule has 0 atom stereocenters. The Morgan fingerprint density at radius 1 is 0.629 bits per heavy atom. The Balaban J connectivity index is 1.49. The van der Waals surface area contributed by atoms with Gasteiger partial charge in [0.1, 0.15) is 0 Å². The van der Waals surface area contributed by atoms with Gasteiger partial charge in [0.05, 0.1) is 11.4 Å². The molecule has 6 aromatic rings. The lowest BCUT2D eigenvalue weighted by atomic mass is 9.84. The van der Waals surface area contributed by atoms with E-state index in [9.17, 15) is 0 Å². The summed E-state index contributed by atoms with van der Waals surface area (Å²) in [4.78, 5) is 12.6. The van der Waals surface area contributed by atoms with E-state index >= 15 is 0 Å². The quantitative estimate of drug-likeness (QED) is 0.261. The van der Waals surface area contributed by atoms with Gasteiger partial charge in [-0.2, -0.15) is 10.2 Å². The first-order valence-electron chi connectivity index (χ1n) is 11.2. The molecule has 0 unspecified atom stereocenters. The number of nitrogens with zero attached hydrogens (tertiary/aromatic N) is 6. The first-order chi connectivity index (χ1) is 17.1. The SMILES string of the molecule is CC(C)(c1ccc(-c2cccs2)c(-n2cccn2)n1)c1ccc(-c2cccs2)c(-n2cccn2)n1. The van der Waals surface area contributed by atoms with Crippen molar-refractivity contribution in [2.24, 2.45) is 0 Å². The van der Waals surface area contributed by atoms with Gasteiger partial charge in [-0.1, -0.05) is 12.1 Å². The first-order valence-corrected chi connectivity index (χ1v) is 13.0. The maximum atomic E-state index is 5.13. The fraction of sp³-hybridized carbons (Fsp3) is 0.111. The van der Waals surface area contributed by atoms with Crippen LogP contribution in [-0.2, 0) is 5.41 Å². The van der Waals surface area contributed by atoms with Crippen LogP contribution in [0.1, 0.15) is 25.2 Å². The van der Waals surface area contributed by atoms with Crippen molar-refractivity contribution in [2.75, 3.05) is 0 Å². The lowest BCUT2D eigenvalue weighted by Crippen LogP contribution is -2.24. The first kappa shape index (κ1) is 21.6. The summed E-state index contributed by atoms with van der Waals surface area (Å²) in [6, 6.07) is 20.7. The minimum Gasteiger partial charge on any atom is -0.232 e. The molecule has 0 saturated carbocycles. The molecule has 0 radical (unpaired) electrons. The van der Waals surface area contributed by atoms with Crippen LogP contribution in [0.3, 0.4) is 0 Å². The Labute approximate surface area is 211 Å². The summed E-state index contributed by atoms with van der Waals surface area (Å²) < 4.78 is 3.66. The lowest BCUT2D eigenvalue weighted by molar-refractivity contribution is 0.589. The third-order valence-corrected chi connectivity index (χ3v) is 7.85. The van der Waals surface area contributed by atoms with E-state index in [-0.39, 0.29) is 0 Å². The molecule has 6 aromatic heterocycles. The largest absolute Gasteiger partial charge is 0.232 e. The van der Waals surface area contributed by atoms with Gasteiger partial charge in [-0.05, 0) is 73.1 Å². The van der Waals surface area contributed by atoms with Gasteiger partial charge in [-0.25, -0.2) is 19.3 Å². The zero-order chi connectivity index (χ0) is 23.8. The molecule has 0 saturated heterocycles. The molecule has 0 spiro atoms. The second-order valence-electron chi connectivity index (χ2n) is 8.62. The molecule has 0 fully saturated rings. The van der Waals surface area contributed by atoms with Gasteiger partial charge in [0, 0.05) is 51.1 Å². The average molecular weight is 495 g/mol. The number of hydrogen-bond acceptors (Lipinski definition) is 6. The predicted octanol–water partition coefficient (Wildman–Crippen LogP) is 6.63. The molecule has 0 aliphatic heterocycles. The summed E-state index contributed by atoms with van der Waals surface area (Å²) in [7, 11) is 0. The molecule has 0 aliphatic rings. The van der Waals surface area contributed by atoms with Crippen LogP contribution in [0.5, 0.6) is 0 Å².